The molecule has 0 aliphatic heterocycles. The Morgan fingerprint density at radius 3 is 2.12 bits per heavy atom. The average molecular weight is 230 g/mol. The molecular weight excluding hydrogens is 204 g/mol. The van der Waals surface area contributed by atoms with Crippen LogP contribution in [0.2, 0.25) is 0 Å². The van der Waals surface area contributed by atoms with Crippen LogP contribution in [0.1, 0.15) is 47.5 Å². The van der Waals surface area contributed by atoms with Gasteiger partial charge in [0, 0.05) is 6.54 Å². The number of Topliss-reactive ketones (excluding diaryl/α,β-unsaturated/α-hetero) is 1. The highest BCUT2D eigenvalue weighted by Crippen LogP contribution is 1.95. The van der Waals surface area contributed by atoms with Gasteiger partial charge in [-0.25, -0.2) is 0 Å². The van der Waals surface area contributed by atoms with Crippen LogP contribution < -0.4 is 11.1 Å². The second-order valence-electron chi connectivity index (χ2n) is 3.86. The number of ketones is 1. The van der Waals surface area contributed by atoms with E-state index in [1.54, 1.807) is 0 Å². The smallest absolute Gasteiger partial charge is 0.289 e. The lowest BCUT2D eigenvalue weighted by molar-refractivity contribution is -0.138. The Hall–Kier alpha value is -0.900. The van der Waals surface area contributed by atoms with Crippen LogP contribution in [0.15, 0.2) is 0 Å². The second-order valence-corrected chi connectivity index (χ2v) is 3.86. The van der Waals surface area contributed by atoms with Crippen LogP contribution in [0.25, 0.3) is 0 Å². The van der Waals surface area contributed by atoms with Crippen molar-refractivity contribution >= 4 is 11.7 Å². The van der Waals surface area contributed by atoms with Gasteiger partial charge in [0.15, 0.2) is 0 Å². The van der Waals surface area contributed by atoms with Gasteiger partial charge in [0.25, 0.3) is 5.91 Å². The van der Waals surface area contributed by atoms with Gasteiger partial charge in [-0.1, -0.05) is 41.0 Å². The summed E-state index contributed by atoms with van der Waals surface area (Å²) >= 11 is 0. The summed E-state index contributed by atoms with van der Waals surface area (Å²) < 4.78 is 0. The van der Waals surface area contributed by atoms with Gasteiger partial charge < -0.3 is 11.1 Å². The third-order valence-electron chi connectivity index (χ3n) is 1.83. The molecule has 3 N–H and O–H groups in total. The molecule has 1 amide bonds. The van der Waals surface area contributed by atoms with E-state index in [2.05, 4.69) is 5.32 Å². The molecule has 0 fully saturated rings. The van der Waals surface area contributed by atoms with Crippen molar-refractivity contribution in [2.24, 2.45) is 11.7 Å². The molecule has 1 atom stereocenters. The third-order valence-corrected chi connectivity index (χ3v) is 1.83. The number of nitrogens with two attached hydrogens (primary N) is 1. The zero-order valence-corrected chi connectivity index (χ0v) is 11.2. The fourth-order valence-electron chi connectivity index (χ4n) is 0.994. The van der Waals surface area contributed by atoms with E-state index in [0.717, 1.165) is 6.42 Å². The molecule has 16 heavy (non-hydrogen) atoms. The number of hydrogen-bond acceptors (Lipinski definition) is 3. The predicted molar refractivity (Wildman–Crippen MR) is 67.1 cm³/mol. The molecule has 4 heteroatoms. The molecule has 0 spiro atoms. The molecule has 0 bridgehead atoms. The summed E-state index contributed by atoms with van der Waals surface area (Å²) in [6.07, 6.45) is 1.37. The van der Waals surface area contributed by atoms with Gasteiger partial charge in [0.05, 0.1) is 6.04 Å². The van der Waals surface area contributed by atoms with Crippen LogP contribution in [-0.4, -0.2) is 24.3 Å². The Balaban J connectivity index is 0. The Morgan fingerprint density at radius 1 is 1.25 bits per heavy atom. The Kier molecular flexibility index (Phi) is 11.6. The van der Waals surface area contributed by atoms with Gasteiger partial charge >= 0.3 is 0 Å². The fraction of sp³-hybridized carbons (Fsp3) is 0.833. The molecule has 0 saturated heterocycles. The summed E-state index contributed by atoms with van der Waals surface area (Å²) in [6.45, 7) is 10.4. The van der Waals surface area contributed by atoms with E-state index in [0.29, 0.717) is 18.9 Å². The number of carbonyl (C=O) groups is 2. The Morgan fingerprint density at radius 2 is 1.75 bits per heavy atom. The monoisotopic (exact) mass is 230 g/mol. The van der Waals surface area contributed by atoms with E-state index in [1.165, 1.54) is 0 Å². The van der Waals surface area contributed by atoms with Crippen LogP contribution in [0.3, 0.4) is 0 Å². The topological polar surface area (TPSA) is 72.2 Å². The van der Waals surface area contributed by atoms with Gasteiger partial charge in [0.1, 0.15) is 0 Å². The van der Waals surface area contributed by atoms with Crippen molar-refractivity contribution in [3.05, 3.63) is 0 Å². The largest absolute Gasteiger partial charge is 0.349 e. The molecule has 0 saturated carbocycles. The lowest BCUT2D eigenvalue weighted by atomic mass is 10.1. The van der Waals surface area contributed by atoms with Gasteiger partial charge in [-0.2, -0.15) is 0 Å². The van der Waals surface area contributed by atoms with Crippen LogP contribution >= 0.6 is 0 Å². The summed E-state index contributed by atoms with van der Waals surface area (Å²) in [5.74, 6) is -0.721. The molecular formula is C12H26N2O2. The second kappa shape index (κ2) is 10.6. The number of carbonyl (C=O) groups excluding carboxylic acids is 2. The average Bonchev–Trinajstić information content (AvgIpc) is 2.27. The molecule has 1 unspecified atom stereocenters. The van der Waals surface area contributed by atoms with Crippen molar-refractivity contribution in [2.45, 2.75) is 53.5 Å². The minimum absolute atomic E-state index is 0.342. The van der Waals surface area contributed by atoms with E-state index >= 15 is 0 Å². The summed E-state index contributed by atoms with van der Waals surface area (Å²) in [5, 5.41) is 2.55. The summed E-state index contributed by atoms with van der Waals surface area (Å²) in [7, 11) is 0. The molecule has 0 aliphatic carbocycles. The first-order valence-electron chi connectivity index (χ1n) is 6.06. The van der Waals surface area contributed by atoms with Gasteiger partial charge in [-0.15, -0.1) is 0 Å². The lowest BCUT2D eigenvalue weighted by Gasteiger charge is -2.10. The standard InChI is InChI=1S/C10H20N2O2.C2H6/c1-4-5-8(11)9(13)10(14)12-6-7(2)3;1-2/h7-8H,4-6,11H2,1-3H3,(H,12,14);1-2H3. The predicted octanol–water partition coefficient (Wildman–Crippen LogP) is 1.48. The Labute approximate surface area is 99.0 Å². The van der Waals surface area contributed by atoms with E-state index < -0.39 is 17.7 Å². The molecule has 96 valence electrons. The quantitative estimate of drug-likeness (QED) is 0.679. The van der Waals surface area contributed by atoms with Crippen LogP contribution in [0.5, 0.6) is 0 Å². The van der Waals surface area contributed by atoms with E-state index in [9.17, 15) is 9.59 Å². The Bertz CT molecular complexity index is 203. The highest BCUT2D eigenvalue weighted by atomic mass is 16.2. The summed E-state index contributed by atoms with van der Waals surface area (Å²) in [4.78, 5) is 22.5. The van der Waals surface area contributed by atoms with Crippen LogP contribution in [0, 0.1) is 5.92 Å². The van der Waals surface area contributed by atoms with Gasteiger partial charge in [-0.05, 0) is 12.3 Å². The number of hydrogen-bond donors (Lipinski definition) is 2. The van der Waals surface area contributed by atoms with Crippen molar-refractivity contribution < 1.29 is 9.59 Å². The van der Waals surface area contributed by atoms with Crippen LogP contribution in [-0.2, 0) is 9.59 Å². The fourth-order valence-corrected chi connectivity index (χ4v) is 0.994. The molecule has 0 rings (SSSR count). The van der Waals surface area contributed by atoms with Gasteiger partial charge in [0.2, 0.25) is 5.78 Å². The maximum atomic E-state index is 11.3. The minimum atomic E-state index is -0.646. The minimum Gasteiger partial charge on any atom is -0.349 e. The van der Waals surface area contributed by atoms with Crippen molar-refractivity contribution in [2.75, 3.05) is 6.54 Å². The normalized spacial score (nSPS) is 11.4. The first kappa shape index (κ1) is 17.5. The van der Waals surface area contributed by atoms with Crippen molar-refractivity contribution in [1.82, 2.24) is 5.32 Å². The molecule has 4 nitrogen and oxygen atoms in total. The molecule has 0 aromatic heterocycles. The molecule has 0 heterocycles. The highest BCUT2D eigenvalue weighted by Gasteiger charge is 2.20. The van der Waals surface area contributed by atoms with E-state index in [4.69, 9.17) is 5.73 Å². The first-order valence-corrected chi connectivity index (χ1v) is 6.06. The SMILES string of the molecule is CC.CCCC(N)C(=O)C(=O)NCC(C)C. The van der Waals surface area contributed by atoms with E-state index in [-0.39, 0.29) is 0 Å². The van der Waals surface area contributed by atoms with Crippen LogP contribution in [0.4, 0.5) is 0 Å². The molecule has 0 aliphatic rings. The van der Waals surface area contributed by atoms with E-state index in [1.807, 2.05) is 34.6 Å². The molecule has 0 aromatic rings. The number of amides is 1. The number of rotatable bonds is 6. The zero-order chi connectivity index (χ0) is 13.1. The first-order chi connectivity index (χ1) is 7.49. The number of nitrogens with one attached hydrogen (secondary N) is 1. The third kappa shape index (κ3) is 8.41. The molecule has 0 radical (unpaired) electrons. The van der Waals surface area contributed by atoms with Crippen molar-refractivity contribution in [3.8, 4) is 0 Å². The lowest BCUT2D eigenvalue weighted by Crippen LogP contribution is -2.43. The van der Waals surface area contributed by atoms with Crippen molar-refractivity contribution in [1.29, 1.82) is 0 Å². The highest BCUT2D eigenvalue weighted by molar-refractivity contribution is 6.38. The summed E-state index contributed by atoms with van der Waals surface area (Å²) in [6, 6.07) is -0.646. The zero-order valence-electron chi connectivity index (χ0n) is 11.2. The maximum absolute atomic E-state index is 11.3. The van der Waals surface area contributed by atoms with Crippen molar-refractivity contribution in [3.63, 3.8) is 0 Å². The maximum Gasteiger partial charge on any atom is 0.289 e. The molecule has 0 aromatic carbocycles. The van der Waals surface area contributed by atoms with Gasteiger partial charge in [-0.3, -0.25) is 9.59 Å². The summed E-state index contributed by atoms with van der Waals surface area (Å²) in [5.41, 5.74) is 5.52.